The van der Waals surface area contributed by atoms with E-state index in [0.717, 1.165) is 38.5 Å². The summed E-state index contributed by atoms with van der Waals surface area (Å²) >= 11 is 10.2. The molecule has 1 amide bonds. The predicted molar refractivity (Wildman–Crippen MR) is 153 cm³/mol. The van der Waals surface area contributed by atoms with Crippen molar-refractivity contribution in [2.24, 2.45) is 0 Å². The summed E-state index contributed by atoms with van der Waals surface area (Å²) in [5.74, 6) is 0.605. The van der Waals surface area contributed by atoms with Crippen molar-refractivity contribution >= 4 is 56.6 Å². The number of fused-ring (bicyclic) bond motifs is 4. The quantitative estimate of drug-likeness (QED) is 0.403. The average Bonchev–Trinajstić information content (AvgIpc) is 3.50. The summed E-state index contributed by atoms with van der Waals surface area (Å²) in [5.41, 5.74) is -0.0565. The zero-order valence-electron chi connectivity index (χ0n) is 23.0. The van der Waals surface area contributed by atoms with E-state index in [1.807, 2.05) is 25.7 Å². The van der Waals surface area contributed by atoms with Crippen LogP contribution in [0.4, 0.5) is 15.0 Å². The molecule has 4 fully saturated rings. The van der Waals surface area contributed by atoms with Gasteiger partial charge < -0.3 is 14.4 Å². The van der Waals surface area contributed by atoms with E-state index in [4.69, 9.17) is 26.1 Å². The minimum Gasteiger partial charge on any atom is -0.461 e. The number of ether oxygens (including phenoxy) is 2. The molecule has 0 radical (unpaired) electrons. The summed E-state index contributed by atoms with van der Waals surface area (Å²) in [6.45, 7) is 8.30. The van der Waals surface area contributed by atoms with Crippen LogP contribution in [0.2, 0.25) is 5.02 Å². The number of piperazine rings is 1. The number of carbonyl (C=O) groups is 2. The molecule has 216 valence electrons. The predicted octanol–water partition coefficient (Wildman–Crippen LogP) is 5.40. The van der Waals surface area contributed by atoms with Crippen LogP contribution in [0.25, 0.3) is 10.9 Å². The molecular weight excluding hydrogens is 605 g/mol. The van der Waals surface area contributed by atoms with Crippen LogP contribution in [0.15, 0.2) is 10.5 Å². The Hall–Kier alpha value is -2.24. The number of amides is 1. The highest BCUT2D eigenvalue weighted by Gasteiger charge is 2.50. The number of halogens is 3. The van der Waals surface area contributed by atoms with Gasteiger partial charge in [0.15, 0.2) is 6.29 Å². The minimum atomic E-state index is -0.860. The van der Waals surface area contributed by atoms with E-state index < -0.39 is 11.8 Å². The number of rotatable bonds is 5. The van der Waals surface area contributed by atoms with Gasteiger partial charge in [0, 0.05) is 41.5 Å². The minimum absolute atomic E-state index is 0.0367. The lowest BCUT2D eigenvalue weighted by Crippen LogP contribution is -2.57. The van der Waals surface area contributed by atoms with Crippen LogP contribution in [0.1, 0.15) is 63.2 Å². The van der Waals surface area contributed by atoms with Gasteiger partial charge in [-0.05, 0) is 75.0 Å². The lowest BCUT2D eigenvalue weighted by Gasteiger charge is -2.42. The van der Waals surface area contributed by atoms with Crippen molar-refractivity contribution in [3.8, 4) is 6.01 Å². The van der Waals surface area contributed by atoms with Gasteiger partial charge in [-0.15, -0.1) is 0 Å². The van der Waals surface area contributed by atoms with Crippen LogP contribution < -0.4 is 9.64 Å². The van der Waals surface area contributed by atoms with Crippen molar-refractivity contribution in [3.63, 3.8) is 0 Å². The first-order valence-corrected chi connectivity index (χ1v) is 15.1. The Bertz CT molecular complexity index is 1340. The number of nitrogens with zero attached hydrogens (tertiary/aromatic N) is 5. The molecule has 0 unspecified atom stereocenters. The van der Waals surface area contributed by atoms with Crippen LogP contribution in [-0.4, -0.2) is 94.3 Å². The van der Waals surface area contributed by atoms with Crippen LogP contribution >= 0.6 is 27.5 Å². The second-order valence-corrected chi connectivity index (χ2v) is 13.7. The van der Waals surface area contributed by atoms with Crippen LogP contribution in [0.3, 0.4) is 0 Å². The van der Waals surface area contributed by atoms with Crippen molar-refractivity contribution in [3.05, 3.63) is 21.1 Å². The first kappa shape index (κ1) is 27.9. The van der Waals surface area contributed by atoms with E-state index >= 15 is 0 Å². The van der Waals surface area contributed by atoms with Gasteiger partial charge in [0.2, 0.25) is 0 Å². The molecule has 1 aromatic heterocycles. The molecule has 0 aliphatic carbocycles. The van der Waals surface area contributed by atoms with Gasteiger partial charge in [0.05, 0.1) is 28.2 Å². The third kappa shape index (κ3) is 4.91. The highest BCUT2D eigenvalue weighted by molar-refractivity contribution is 9.10. The van der Waals surface area contributed by atoms with Crippen molar-refractivity contribution in [2.45, 2.75) is 82.3 Å². The molecule has 40 heavy (non-hydrogen) atoms. The Morgan fingerprint density at radius 3 is 2.65 bits per heavy atom. The summed E-state index contributed by atoms with van der Waals surface area (Å²) in [6, 6.07) is 1.83. The van der Waals surface area contributed by atoms with Gasteiger partial charge in [-0.3, -0.25) is 14.6 Å². The lowest BCUT2D eigenvalue weighted by molar-refractivity contribution is 0.0122. The molecule has 2 aromatic rings. The Balaban J connectivity index is 1.34. The molecule has 0 spiro atoms. The summed E-state index contributed by atoms with van der Waals surface area (Å²) in [6.07, 6.45) is 3.64. The van der Waals surface area contributed by atoms with E-state index in [0.29, 0.717) is 64.4 Å². The SMILES string of the molecule is CC(C)(C)OC(=O)N1[C@@H]2CC[C@H]1CN(c1nc(OC[C@@]34CCCN3C[C@H](F)C4)nc3c(Cl)c(Br)c(C=O)cc13)C2. The summed E-state index contributed by atoms with van der Waals surface area (Å²) in [5, 5.41) is 0.937. The van der Waals surface area contributed by atoms with Crippen LogP contribution in [0, 0.1) is 0 Å². The van der Waals surface area contributed by atoms with E-state index in [1.54, 1.807) is 6.07 Å². The maximum Gasteiger partial charge on any atom is 0.410 e. The highest BCUT2D eigenvalue weighted by Crippen LogP contribution is 2.42. The number of hydrogen-bond donors (Lipinski definition) is 0. The number of aromatic nitrogens is 2. The number of carbonyl (C=O) groups excluding carboxylic acids is 2. The molecule has 4 aliphatic heterocycles. The Labute approximate surface area is 246 Å². The van der Waals surface area contributed by atoms with E-state index in [-0.39, 0.29) is 29.7 Å². The number of alkyl halides is 1. The topological polar surface area (TPSA) is 88.1 Å². The van der Waals surface area contributed by atoms with Gasteiger partial charge >= 0.3 is 12.1 Å². The molecule has 4 saturated heterocycles. The van der Waals surface area contributed by atoms with Gasteiger partial charge in [0.25, 0.3) is 0 Å². The standard InChI is InChI=1S/C28H34BrClFN5O4/c1-27(2,3)40-26(38)36-18-5-6-19(36)13-34(12-18)24-20-9-16(14-37)21(29)22(30)23(20)32-25(33-24)39-15-28-7-4-8-35(28)11-17(31)10-28/h9,14,17-19H,4-8,10-13,15H2,1-3H3/t17-,18-,19+,28+/m1/s1. The maximum atomic E-state index is 14.3. The molecule has 12 heteroatoms. The zero-order chi connectivity index (χ0) is 28.4. The molecule has 4 atom stereocenters. The molecule has 0 saturated carbocycles. The third-order valence-corrected chi connectivity index (χ3v) is 10.1. The van der Waals surface area contributed by atoms with Gasteiger partial charge in [-0.25, -0.2) is 9.18 Å². The smallest absolute Gasteiger partial charge is 0.410 e. The summed E-state index contributed by atoms with van der Waals surface area (Å²) in [7, 11) is 0. The van der Waals surface area contributed by atoms with Crippen molar-refractivity contribution in [2.75, 3.05) is 37.7 Å². The molecule has 6 rings (SSSR count). The first-order chi connectivity index (χ1) is 19.0. The summed E-state index contributed by atoms with van der Waals surface area (Å²) < 4.78 is 26.7. The van der Waals surface area contributed by atoms with Crippen molar-refractivity contribution in [1.29, 1.82) is 0 Å². The second kappa shape index (κ2) is 10.2. The fraction of sp³-hybridized carbons (Fsp3) is 0.643. The van der Waals surface area contributed by atoms with Crippen molar-refractivity contribution in [1.82, 2.24) is 19.8 Å². The fourth-order valence-corrected chi connectivity index (χ4v) is 7.56. The Kier molecular flexibility index (Phi) is 7.14. The second-order valence-electron chi connectivity index (χ2n) is 12.5. The van der Waals surface area contributed by atoms with Crippen molar-refractivity contribution < 1.29 is 23.5 Å². The number of anilines is 1. The van der Waals surface area contributed by atoms with Crippen LogP contribution in [-0.2, 0) is 4.74 Å². The highest BCUT2D eigenvalue weighted by atomic mass is 79.9. The lowest BCUT2D eigenvalue weighted by atomic mass is 9.95. The largest absolute Gasteiger partial charge is 0.461 e. The molecule has 1 aromatic carbocycles. The molecule has 9 nitrogen and oxygen atoms in total. The maximum absolute atomic E-state index is 14.3. The van der Waals surface area contributed by atoms with Gasteiger partial charge in [-0.2, -0.15) is 9.97 Å². The number of hydrogen-bond acceptors (Lipinski definition) is 8. The Morgan fingerprint density at radius 2 is 1.98 bits per heavy atom. The zero-order valence-corrected chi connectivity index (χ0v) is 25.3. The van der Waals surface area contributed by atoms with Crippen LogP contribution in [0.5, 0.6) is 6.01 Å². The first-order valence-electron chi connectivity index (χ1n) is 13.9. The molecule has 2 bridgehead atoms. The monoisotopic (exact) mass is 637 g/mol. The third-order valence-electron chi connectivity index (χ3n) is 8.60. The average molecular weight is 639 g/mol. The molecule has 0 N–H and O–H groups in total. The van der Waals surface area contributed by atoms with E-state index in [1.165, 1.54) is 0 Å². The molecule has 4 aliphatic rings. The normalized spacial score (nSPS) is 28.3. The fourth-order valence-electron chi connectivity index (χ4n) is 6.91. The van der Waals surface area contributed by atoms with E-state index in [2.05, 4.69) is 30.7 Å². The molecular formula is C28H34BrClFN5O4. The number of aldehydes is 1. The van der Waals surface area contributed by atoms with E-state index in [9.17, 15) is 14.0 Å². The summed E-state index contributed by atoms with van der Waals surface area (Å²) in [4.78, 5) is 40.6. The van der Waals surface area contributed by atoms with Gasteiger partial charge in [-0.1, -0.05) is 11.6 Å². The Morgan fingerprint density at radius 1 is 1.25 bits per heavy atom. The van der Waals surface area contributed by atoms with Gasteiger partial charge in [0.1, 0.15) is 24.2 Å². The number of benzene rings is 1. The molecule has 5 heterocycles.